The predicted molar refractivity (Wildman–Crippen MR) is 56.1 cm³/mol. The Kier molecular flexibility index (Phi) is 3.23. The fourth-order valence-corrected chi connectivity index (χ4v) is 1.96. The molecule has 0 radical (unpaired) electrons. The standard InChI is InChI=1S/C11H18N2O2/c14-10-7-9(4-6-12-10)11(15)13-5-3-8-1-2-8/h8-9H,1-7H2,(H,12,14)(H,13,15). The highest BCUT2D eigenvalue weighted by atomic mass is 16.2. The molecule has 1 atom stereocenters. The number of rotatable bonds is 4. The Morgan fingerprint density at radius 1 is 1.40 bits per heavy atom. The van der Waals surface area contributed by atoms with Gasteiger partial charge in [-0.15, -0.1) is 0 Å². The maximum atomic E-state index is 11.7. The molecule has 4 nitrogen and oxygen atoms in total. The van der Waals surface area contributed by atoms with Crippen molar-refractivity contribution in [3.05, 3.63) is 0 Å². The molecule has 1 saturated heterocycles. The molecule has 1 aliphatic carbocycles. The molecule has 2 amide bonds. The summed E-state index contributed by atoms with van der Waals surface area (Å²) in [5, 5.41) is 5.66. The Labute approximate surface area is 89.8 Å². The van der Waals surface area contributed by atoms with Gasteiger partial charge in [0.2, 0.25) is 11.8 Å². The Morgan fingerprint density at radius 2 is 2.20 bits per heavy atom. The van der Waals surface area contributed by atoms with Crippen LogP contribution >= 0.6 is 0 Å². The van der Waals surface area contributed by atoms with Crippen molar-refractivity contribution in [2.24, 2.45) is 11.8 Å². The largest absolute Gasteiger partial charge is 0.356 e. The Hall–Kier alpha value is -1.06. The molecule has 1 saturated carbocycles. The normalized spacial score (nSPS) is 25.9. The number of nitrogens with one attached hydrogen (secondary N) is 2. The zero-order chi connectivity index (χ0) is 10.7. The van der Waals surface area contributed by atoms with Gasteiger partial charge in [-0.2, -0.15) is 0 Å². The molecule has 1 unspecified atom stereocenters. The van der Waals surface area contributed by atoms with Crippen molar-refractivity contribution in [1.82, 2.24) is 10.6 Å². The molecule has 2 rings (SSSR count). The van der Waals surface area contributed by atoms with Gasteiger partial charge < -0.3 is 10.6 Å². The second-order valence-corrected chi connectivity index (χ2v) is 4.56. The third-order valence-electron chi connectivity index (χ3n) is 3.17. The van der Waals surface area contributed by atoms with Gasteiger partial charge in [0.05, 0.1) is 0 Å². The van der Waals surface area contributed by atoms with Crippen LogP contribution in [0.15, 0.2) is 0 Å². The van der Waals surface area contributed by atoms with Crippen LogP contribution in [0, 0.1) is 11.8 Å². The van der Waals surface area contributed by atoms with Gasteiger partial charge in [-0.1, -0.05) is 12.8 Å². The van der Waals surface area contributed by atoms with Crippen molar-refractivity contribution < 1.29 is 9.59 Å². The lowest BCUT2D eigenvalue weighted by atomic mass is 9.97. The molecular formula is C11H18N2O2. The number of carbonyl (C=O) groups excluding carboxylic acids is 2. The van der Waals surface area contributed by atoms with E-state index in [0.717, 1.165) is 25.3 Å². The smallest absolute Gasteiger partial charge is 0.223 e. The molecular weight excluding hydrogens is 192 g/mol. The molecule has 2 aliphatic rings. The first-order chi connectivity index (χ1) is 7.25. The topological polar surface area (TPSA) is 58.2 Å². The molecule has 2 N–H and O–H groups in total. The van der Waals surface area contributed by atoms with Crippen molar-refractivity contribution in [2.75, 3.05) is 13.1 Å². The number of piperidine rings is 1. The van der Waals surface area contributed by atoms with E-state index >= 15 is 0 Å². The van der Waals surface area contributed by atoms with E-state index in [2.05, 4.69) is 10.6 Å². The minimum Gasteiger partial charge on any atom is -0.356 e. The lowest BCUT2D eigenvalue weighted by Crippen LogP contribution is -2.41. The van der Waals surface area contributed by atoms with Gasteiger partial charge in [0.1, 0.15) is 0 Å². The van der Waals surface area contributed by atoms with Crippen LogP contribution in [-0.2, 0) is 9.59 Å². The number of amides is 2. The van der Waals surface area contributed by atoms with Crippen LogP contribution in [0.4, 0.5) is 0 Å². The minimum absolute atomic E-state index is 0.00333. The molecule has 0 bridgehead atoms. The van der Waals surface area contributed by atoms with E-state index in [1.807, 2.05) is 0 Å². The molecule has 0 aromatic carbocycles. The number of hydrogen-bond acceptors (Lipinski definition) is 2. The predicted octanol–water partition coefficient (Wildman–Crippen LogP) is 0.429. The fraction of sp³-hybridized carbons (Fsp3) is 0.818. The highest BCUT2D eigenvalue weighted by Gasteiger charge is 2.26. The monoisotopic (exact) mass is 210 g/mol. The fourth-order valence-electron chi connectivity index (χ4n) is 1.96. The molecule has 0 aromatic rings. The first kappa shape index (κ1) is 10.5. The molecule has 0 spiro atoms. The van der Waals surface area contributed by atoms with Crippen molar-refractivity contribution in [1.29, 1.82) is 0 Å². The first-order valence-corrected chi connectivity index (χ1v) is 5.80. The molecule has 4 heteroatoms. The quantitative estimate of drug-likeness (QED) is 0.707. The molecule has 84 valence electrons. The van der Waals surface area contributed by atoms with Gasteiger partial charge in [-0.05, 0) is 18.8 Å². The summed E-state index contributed by atoms with van der Waals surface area (Å²) in [5.41, 5.74) is 0. The van der Waals surface area contributed by atoms with E-state index in [9.17, 15) is 9.59 Å². The number of carbonyl (C=O) groups is 2. The Balaban J connectivity index is 1.66. The van der Waals surface area contributed by atoms with E-state index in [1.165, 1.54) is 12.8 Å². The molecule has 0 aromatic heterocycles. The average molecular weight is 210 g/mol. The van der Waals surface area contributed by atoms with E-state index < -0.39 is 0 Å². The van der Waals surface area contributed by atoms with Crippen molar-refractivity contribution in [2.45, 2.75) is 32.1 Å². The Morgan fingerprint density at radius 3 is 2.87 bits per heavy atom. The van der Waals surface area contributed by atoms with Crippen LogP contribution in [0.3, 0.4) is 0 Å². The third-order valence-corrected chi connectivity index (χ3v) is 3.17. The van der Waals surface area contributed by atoms with Gasteiger partial charge in [0.25, 0.3) is 0 Å². The average Bonchev–Trinajstić information content (AvgIpc) is 3.01. The summed E-state index contributed by atoms with van der Waals surface area (Å²) in [6, 6.07) is 0. The zero-order valence-corrected chi connectivity index (χ0v) is 8.92. The second-order valence-electron chi connectivity index (χ2n) is 4.56. The third kappa shape index (κ3) is 3.22. The maximum absolute atomic E-state index is 11.7. The molecule has 2 fully saturated rings. The molecule has 1 heterocycles. The van der Waals surface area contributed by atoms with Crippen LogP contribution in [0.5, 0.6) is 0 Å². The first-order valence-electron chi connectivity index (χ1n) is 5.80. The van der Waals surface area contributed by atoms with Crippen LogP contribution < -0.4 is 10.6 Å². The lowest BCUT2D eigenvalue weighted by molar-refractivity contribution is -0.132. The lowest BCUT2D eigenvalue weighted by Gasteiger charge is -2.21. The minimum atomic E-state index is -0.0991. The van der Waals surface area contributed by atoms with Gasteiger partial charge in [-0.3, -0.25) is 9.59 Å². The van der Waals surface area contributed by atoms with Crippen molar-refractivity contribution in [3.63, 3.8) is 0 Å². The highest BCUT2D eigenvalue weighted by molar-refractivity contribution is 5.86. The SMILES string of the molecule is O=C1CC(C(=O)NCCC2CC2)CCN1. The van der Waals surface area contributed by atoms with Crippen molar-refractivity contribution in [3.8, 4) is 0 Å². The molecule has 15 heavy (non-hydrogen) atoms. The van der Waals surface area contributed by atoms with E-state index in [0.29, 0.717) is 13.0 Å². The highest BCUT2D eigenvalue weighted by Crippen LogP contribution is 2.31. The van der Waals surface area contributed by atoms with Crippen LogP contribution in [0.1, 0.15) is 32.1 Å². The summed E-state index contributed by atoms with van der Waals surface area (Å²) in [6.45, 7) is 1.42. The van der Waals surface area contributed by atoms with Gasteiger partial charge in [0.15, 0.2) is 0 Å². The Bertz CT molecular complexity index is 261. The second kappa shape index (κ2) is 4.64. The zero-order valence-electron chi connectivity index (χ0n) is 8.92. The van der Waals surface area contributed by atoms with E-state index in [4.69, 9.17) is 0 Å². The van der Waals surface area contributed by atoms with Crippen LogP contribution in [0.25, 0.3) is 0 Å². The van der Waals surface area contributed by atoms with Crippen LogP contribution in [0.2, 0.25) is 0 Å². The summed E-state index contributed by atoms with van der Waals surface area (Å²) in [6.07, 6.45) is 4.88. The van der Waals surface area contributed by atoms with E-state index in [-0.39, 0.29) is 17.7 Å². The van der Waals surface area contributed by atoms with Gasteiger partial charge in [0, 0.05) is 25.4 Å². The summed E-state index contributed by atoms with van der Waals surface area (Å²) < 4.78 is 0. The summed E-state index contributed by atoms with van der Waals surface area (Å²) >= 11 is 0. The van der Waals surface area contributed by atoms with E-state index in [1.54, 1.807) is 0 Å². The van der Waals surface area contributed by atoms with Crippen LogP contribution in [-0.4, -0.2) is 24.9 Å². The number of hydrogen-bond donors (Lipinski definition) is 2. The van der Waals surface area contributed by atoms with Gasteiger partial charge in [-0.25, -0.2) is 0 Å². The summed E-state index contributed by atoms with van der Waals surface area (Å²) in [7, 11) is 0. The molecule has 1 aliphatic heterocycles. The van der Waals surface area contributed by atoms with Gasteiger partial charge >= 0.3 is 0 Å². The summed E-state index contributed by atoms with van der Waals surface area (Å²) in [4.78, 5) is 22.7. The summed E-state index contributed by atoms with van der Waals surface area (Å²) in [5.74, 6) is 0.812. The maximum Gasteiger partial charge on any atom is 0.223 e. The van der Waals surface area contributed by atoms with Crippen molar-refractivity contribution >= 4 is 11.8 Å².